The zero-order valence-corrected chi connectivity index (χ0v) is 19.1. The minimum Gasteiger partial charge on any atom is -0.454 e. The van der Waals surface area contributed by atoms with E-state index in [9.17, 15) is 9.59 Å². The average molecular weight is 436 g/mol. The van der Waals surface area contributed by atoms with Crippen molar-refractivity contribution in [2.45, 2.75) is 53.0 Å². The van der Waals surface area contributed by atoms with E-state index in [1.807, 2.05) is 49.4 Å². The summed E-state index contributed by atoms with van der Waals surface area (Å²) in [6.45, 7) is 9.67. The summed E-state index contributed by atoms with van der Waals surface area (Å²) in [7, 11) is 0. The van der Waals surface area contributed by atoms with Gasteiger partial charge in [-0.25, -0.2) is 4.79 Å². The Kier molecular flexibility index (Phi) is 7.35. The number of aromatic nitrogens is 4. The van der Waals surface area contributed by atoms with Crippen molar-refractivity contribution in [2.24, 2.45) is 0 Å². The second-order valence-corrected chi connectivity index (χ2v) is 8.34. The normalized spacial score (nSPS) is 11.1. The minimum absolute atomic E-state index is 0.230. The van der Waals surface area contributed by atoms with E-state index in [1.54, 1.807) is 0 Å². The monoisotopic (exact) mass is 435 g/mol. The van der Waals surface area contributed by atoms with Crippen molar-refractivity contribution < 1.29 is 14.3 Å². The van der Waals surface area contributed by atoms with Crippen molar-refractivity contribution in [3.8, 4) is 11.4 Å². The largest absolute Gasteiger partial charge is 0.454 e. The summed E-state index contributed by atoms with van der Waals surface area (Å²) < 4.78 is 5.13. The molecule has 1 heterocycles. The zero-order valence-electron chi connectivity index (χ0n) is 19.1. The van der Waals surface area contributed by atoms with E-state index in [-0.39, 0.29) is 30.9 Å². The predicted octanol–water partition coefficient (Wildman–Crippen LogP) is 4.08. The van der Waals surface area contributed by atoms with Crippen molar-refractivity contribution in [1.29, 1.82) is 0 Å². The summed E-state index contributed by atoms with van der Waals surface area (Å²) >= 11 is 0. The lowest BCUT2D eigenvalue weighted by atomic mass is 9.92. The number of carbonyl (C=O) groups excluding carboxylic acids is 2. The Bertz CT molecular complexity index is 1060. The highest BCUT2D eigenvalue weighted by Crippen LogP contribution is 2.32. The maximum atomic E-state index is 12.5. The van der Waals surface area contributed by atoms with Gasteiger partial charge in [0, 0.05) is 11.3 Å². The number of ether oxygens (including phenoxy) is 1. The summed E-state index contributed by atoms with van der Waals surface area (Å²) in [4.78, 5) is 25.8. The number of para-hydroxylation sites is 1. The molecular formula is C24H29N5O3. The van der Waals surface area contributed by atoms with E-state index in [0.29, 0.717) is 5.82 Å². The Hall–Kier alpha value is -3.55. The van der Waals surface area contributed by atoms with Crippen molar-refractivity contribution in [1.82, 2.24) is 20.2 Å². The maximum absolute atomic E-state index is 12.5. The van der Waals surface area contributed by atoms with E-state index in [0.717, 1.165) is 32.7 Å². The van der Waals surface area contributed by atoms with Crippen LogP contribution < -0.4 is 5.32 Å². The van der Waals surface area contributed by atoms with Crippen LogP contribution in [0.4, 0.5) is 5.69 Å². The molecule has 8 heteroatoms. The van der Waals surface area contributed by atoms with E-state index < -0.39 is 5.97 Å². The first-order valence-corrected chi connectivity index (χ1v) is 10.7. The van der Waals surface area contributed by atoms with E-state index in [2.05, 4.69) is 48.4 Å². The van der Waals surface area contributed by atoms with Gasteiger partial charge >= 0.3 is 5.97 Å². The van der Waals surface area contributed by atoms with Crippen molar-refractivity contribution in [3.05, 3.63) is 59.2 Å². The summed E-state index contributed by atoms with van der Waals surface area (Å²) in [6, 6.07) is 13.7. The van der Waals surface area contributed by atoms with Crippen LogP contribution in [-0.2, 0) is 20.9 Å². The van der Waals surface area contributed by atoms with Gasteiger partial charge in [-0.15, -0.1) is 10.2 Å². The number of rotatable bonds is 8. The number of nitrogens with one attached hydrogen (secondary N) is 1. The molecule has 0 aliphatic carbocycles. The number of hydrogen-bond acceptors (Lipinski definition) is 6. The molecule has 32 heavy (non-hydrogen) atoms. The SMILES string of the molecule is Cc1ccc(-c2nnn(CC(=O)OCC(=O)Nc3c(C(C)C)cccc3C(C)C)n2)cc1. The van der Waals surface area contributed by atoms with Gasteiger partial charge in [0.25, 0.3) is 5.91 Å². The Morgan fingerprint density at radius 3 is 2.22 bits per heavy atom. The number of nitrogens with zero attached hydrogens (tertiary/aromatic N) is 4. The zero-order chi connectivity index (χ0) is 23.3. The highest BCUT2D eigenvalue weighted by molar-refractivity contribution is 5.94. The van der Waals surface area contributed by atoms with Crippen LogP contribution in [-0.4, -0.2) is 38.7 Å². The number of amides is 1. The van der Waals surface area contributed by atoms with E-state index in [4.69, 9.17) is 4.74 Å². The van der Waals surface area contributed by atoms with Gasteiger partial charge in [0.05, 0.1) is 0 Å². The van der Waals surface area contributed by atoms with Gasteiger partial charge in [0.15, 0.2) is 13.2 Å². The van der Waals surface area contributed by atoms with Crippen LogP contribution in [0.5, 0.6) is 0 Å². The van der Waals surface area contributed by atoms with Gasteiger partial charge in [0.2, 0.25) is 5.82 Å². The predicted molar refractivity (Wildman–Crippen MR) is 122 cm³/mol. The average Bonchev–Trinajstić information content (AvgIpc) is 3.21. The Balaban J connectivity index is 1.58. The molecule has 0 radical (unpaired) electrons. The van der Waals surface area contributed by atoms with E-state index >= 15 is 0 Å². The molecule has 1 aromatic heterocycles. The molecule has 1 amide bonds. The molecule has 0 aliphatic heterocycles. The highest BCUT2D eigenvalue weighted by atomic mass is 16.5. The second-order valence-electron chi connectivity index (χ2n) is 8.34. The van der Waals surface area contributed by atoms with Gasteiger partial charge in [-0.2, -0.15) is 4.80 Å². The van der Waals surface area contributed by atoms with Crippen molar-refractivity contribution in [2.75, 3.05) is 11.9 Å². The van der Waals surface area contributed by atoms with E-state index in [1.165, 1.54) is 0 Å². The van der Waals surface area contributed by atoms with Crippen LogP contribution in [0.15, 0.2) is 42.5 Å². The van der Waals surface area contributed by atoms with Gasteiger partial charge < -0.3 is 10.1 Å². The van der Waals surface area contributed by atoms with Gasteiger partial charge in [0.1, 0.15) is 0 Å². The Labute approximate surface area is 188 Å². The number of benzene rings is 2. The van der Waals surface area contributed by atoms with Crippen molar-refractivity contribution >= 4 is 17.6 Å². The third kappa shape index (κ3) is 5.78. The van der Waals surface area contributed by atoms with Crippen LogP contribution in [0.2, 0.25) is 0 Å². The number of hydrogen-bond donors (Lipinski definition) is 1. The van der Waals surface area contributed by atoms with Crippen molar-refractivity contribution in [3.63, 3.8) is 0 Å². The first-order valence-electron chi connectivity index (χ1n) is 10.7. The molecule has 2 aromatic carbocycles. The van der Waals surface area contributed by atoms with Gasteiger partial charge in [-0.1, -0.05) is 75.7 Å². The van der Waals surface area contributed by atoms with Crippen LogP contribution in [0.1, 0.15) is 56.2 Å². The fourth-order valence-corrected chi connectivity index (χ4v) is 3.31. The summed E-state index contributed by atoms with van der Waals surface area (Å²) in [5.74, 6) is -0.100. The van der Waals surface area contributed by atoms with Crippen LogP contribution in [0, 0.1) is 6.92 Å². The molecule has 0 spiro atoms. The minimum atomic E-state index is -0.616. The van der Waals surface area contributed by atoms with Crippen LogP contribution in [0.25, 0.3) is 11.4 Å². The third-order valence-corrected chi connectivity index (χ3v) is 5.03. The molecule has 0 aliphatic rings. The summed E-state index contributed by atoms with van der Waals surface area (Å²) in [5.41, 5.74) is 4.82. The fourth-order valence-electron chi connectivity index (χ4n) is 3.31. The molecule has 1 N–H and O–H groups in total. The number of esters is 1. The lowest BCUT2D eigenvalue weighted by molar-refractivity contribution is -0.148. The lowest BCUT2D eigenvalue weighted by Gasteiger charge is -2.20. The quantitative estimate of drug-likeness (QED) is 0.535. The summed E-state index contributed by atoms with van der Waals surface area (Å²) in [6.07, 6.45) is 0. The molecule has 0 fully saturated rings. The third-order valence-electron chi connectivity index (χ3n) is 5.03. The molecule has 0 unspecified atom stereocenters. The standard InChI is InChI=1S/C24H29N5O3/c1-15(2)19-7-6-8-20(16(3)4)23(19)25-21(30)14-32-22(31)13-29-27-24(26-28-29)18-11-9-17(5)10-12-18/h6-12,15-16H,13-14H2,1-5H3,(H,25,30). The van der Waals surface area contributed by atoms with Crippen LogP contribution in [0.3, 0.4) is 0 Å². The Morgan fingerprint density at radius 1 is 1.00 bits per heavy atom. The molecule has 0 saturated carbocycles. The topological polar surface area (TPSA) is 99.0 Å². The van der Waals surface area contributed by atoms with Crippen LogP contribution >= 0.6 is 0 Å². The molecule has 3 aromatic rings. The molecule has 0 bridgehead atoms. The second kappa shape index (κ2) is 10.2. The molecule has 0 saturated heterocycles. The lowest BCUT2D eigenvalue weighted by Crippen LogP contribution is -2.24. The van der Waals surface area contributed by atoms with Gasteiger partial charge in [-0.05, 0) is 35.1 Å². The fraction of sp³-hybridized carbons (Fsp3) is 0.375. The summed E-state index contributed by atoms with van der Waals surface area (Å²) in [5, 5.41) is 15.0. The number of tetrazole rings is 1. The first kappa shape index (κ1) is 23.1. The number of anilines is 1. The Morgan fingerprint density at radius 2 is 1.62 bits per heavy atom. The maximum Gasteiger partial charge on any atom is 0.330 e. The molecular weight excluding hydrogens is 406 g/mol. The molecule has 8 nitrogen and oxygen atoms in total. The molecule has 3 rings (SSSR count). The smallest absolute Gasteiger partial charge is 0.330 e. The first-order chi connectivity index (χ1) is 15.2. The van der Waals surface area contributed by atoms with Gasteiger partial charge in [-0.3, -0.25) is 4.79 Å². The number of aryl methyl sites for hydroxylation is 1. The molecule has 168 valence electrons. The number of carbonyl (C=O) groups is 2. The highest BCUT2D eigenvalue weighted by Gasteiger charge is 2.17. The molecule has 0 atom stereocenters.